The summed E-state index contributed by atoms with van der Waals surface area (Å²) in [6.45, 7) is 1.58. The number of nitro groups is 1. The van der Waals surface area contributed by atoms with Crippen LogP contribution in [0.15, 0.2) is 42.6 Å². The van der Waals surface area contributed by atoms with Crippen LogP contribution in [0.4, 0.5) is 5.69 Å². The Balaban J connectivity index is 1.74. The summed E-state index contributed by atoms with van der Waals surface area (Å²) < 4.78 is 28.4. The van der Waals surface area contributed by atoms with Gasteiger partial charge in [-0.1, -0.05) is 0 Å². The predicted molar refractivity (Wildman–Crippen MR) is 103 cm³/mol. The molecule has 1 aromatic heterocycles. The Morgan fingerprint density at radius 1 is 1.07 bits per heavy atom. The van der Waals surface area contributed by atoms with Gasteiger partial charge in [0.1, 0.15) is 31.3 Å². The molecule has 9 nitrogen and oxygen atoms in total. The van der Waals surface area contributed by atoms with E-state index in [9.17, 15) is 10.1 Å². The Hall–Kier alpha value is -3.59. The van der Waals surface area contributed by atoms with Crippen LogP contribution in [0.25, 0.3) is 10.9 Å². The molecule has 150 valence electrons. The third-order valence-electron chi connectivity index (χ3n) is 4.26. The number of non-ortho nitro benzene ring substituents is 1. The van der Waals surface area contributed by atoms with Crippen molar-refractivity contribution in [3.8, 4) is 28.7 Å². The summed E-state index contributed by atoms with van der Waals surface area (Å²) >= 11 is 0. The second-order valence-electron chi connectivity index (χ2n) is 6.13. The number of pyridine rings is 1. The van der Waals surface area contributed by atoms with Crippen molar-refractivity contribution < 1.29 is 28.6 Å². The second kappa shape index (κ2) is 8.19. The lowest BCUT2D eigenvalue weighted by molar-refractivity contribution is -0.384. The average Bonchev–Trinajstić information content (AvgIpc) is 2.74. The largest absolute Gasteiger partial charge is 0.487 e. The number of nitro benzene ring substituents is 1. The van der Waals surface area contributed by atoms with Gasteiger partial charge in [0.15, 0.2) is 11.5 Å². The van der Waals surface area contributed by atoms with Gasteiger partial charge in [-0.25, -0.2) is 0 Å². The Kier molecular flexibility index (Phi) is 5.30. The number of rotatable bonds is 7. The van der Waals surface area contributed by atoms with E-state index in [1.807, 2.05) is 0 Å². The fourth-order valence-corrected chi connectivity index (χ4v) is 2.96. The maximum absolute atomic E-state index is 10.8. The van der Waals surface area contributed by atoms with Crippen molar-refractivity contribution >= 4 is 16.6 Å². The number of hydrogen-bond donors (Lipinski definition) is 0. The summed E-state index contributed by atoms with van der Waals surface area (Å²) in [5.41, 5.74) is 0.602. The molecule has 1 aliphatic rings. The number of nitrogens with zero attached hydrogens (tertiary/aromatic N) is 2. The van der Waals surface area contributed by atoms with E-state index in [1.54, 1.807) is 25.4 Å². The second-order valence-corrected chi connectivity index (χ2v) is 6.13. The minimum absolute atomic E-state index is 0.0103. The van der Waals surface area contributed by atoms with Gasteiger partial charge in [-0.2, -0.15) is 0 Å². The molecular weight excluding hydrogens is 380 g/mol. The minimum Gasteiger partial charge on any atom is -0.487 e. The molecule has 1 aliphatic heterocycles. The van der Waals surface area contributed by atoms with Crippen LogP contribution in [-0.2, 0) is 4.74 Å². The van der Waals surface area contributed by atoms with Crippen LogP contribution in [0, 0.1) is 10.1 Å². The Labute approximate surface area is 165 Å². The highest BCUT2D eigenvalue weighted by atomic mass is 16.6. The highest BCUT2D eigenvalue weighted by Gasteiger charge is 2.24. The van der Waals surface area contributed by atoms with Gasteiger partial charge in [-0.15, -0.1) is 0 Å². The quantitative estimate of drug-likeness (QED) is 0.337. The number of benzene rings is 2. The molecule has 0 fully saturated rings. The molecular formula is C20H18N2O7. The van der Waals surface area contributed by atoms with Crippen LogP contribution in [0.1, 0.15) is 0 Å². The highest BCUT2D eigenvalue weighted by molar-refractivity contribution is 5.95. The van der Waals surface area contributed by atoms with E-state index in [-0.39, 0.29) is 5.69 Å². The van der Waals surface area contributed by atoms with E-state index in [1.165, 1.54) is 24.3 Å². The van der Waals surface area contributed by atoms with Gasteiger partial charge in [0.05, 0.1) is 22.4 Å². The number of fused-ring (bicyclic) bond motifs is 3. The van der Waals surface area contributed by atoms with Crippen molar-refractivity contribution in [1.82, 2.24) is 4.98 Å². The summed E-state index contributed by atoms with van der Waals surface area (Å²) in [4.78, 5) is 14.8. The van der Waals surface area contributed by atoms with Crippen LogP contribution in [0.3, 0.4) is 0 Å². The summed E-state index contributed by atoms with van der Waals surface area (Å²) in [6, 6.07) is 9.31. The topological polar surface area (TPSA) is 102 Å². The van der Waals surface area contributed by atoms with Crippen LogP contribution >= 0.6 is 0 Å². The third-order valence-corrected chi connectivity index (χ3v) is 4.26. The Morgan fingerprint density at radius 3 is 2.55 bits per heavy atom. The molecule has 0 atom stereocenters. The first-order valence-electron chi connectivity index (χ1n) is 8.92. The van der Waals surface area contributed by atoms with Crippen molar-refractivity contribution in [2.45, 2.75) is 0 Å². The number of aromatic nitrogens is 1. The molecule has 0 bridgehead atoms. The Morgan fingerprint density at radius 2 is 1.83 bits per heavy atom. The smallest absolute Gasteiger partial charge is 0.269 e. The van der Waals surface area contributed by atoms with E-state index in [2.05, 4.69) is 4.98 Å². The molecule has 4 rings (SSSR count). The molecule has 0 saturated heterocycles. The van der Waals surface area contributed by atoms with Crippen molar-refractivity contribution in [3.63, 3.8) is 0 Å². The molecule has 29 heavy (non-hydrogen) atoms. The molecule has 2 aromatic carbocycles. The molecule has 0 N–H and O–H groups in total. The zero-order chi connectivity index (χ0) is 20.2. The molecule has 2 heterocycles. The van der Waals surface area contributed by atoms with E-state index >= 15 is 0 Å². The molecule has 9 heteroatoms. The molecule has 0 amide bonds. The molecule has 0 saturated carbocycles. The number of methoxy groups -OCH3 is 1. The van der Waals surface area contributed by atoms with Gasteiger partial charge < -0.3 is 23.7 Å². The monoisotopic (exact) mass is 398 g/mol. The normalized spacial score (nSPS) is 12.6. The first-order valence-corrected chi connectivity index (χ1v) is 8.92. The molecule has 0 aliphatic carbocycles. The van der Waals surface area contributed by atoms with E-state index in [0.29, 0.717) is 66.1 Å². The van der Waals surface area contributed by atoms with Gasteiger partial charge in [0, 0.05) is 31.5 Å². The molecule has 0 unspecified atom stereocenters. The number of hydrogen-bond acceptors (Lipinski definition) is 8. The van der Waals surface area contributed by atoms with Gasteiger partial charge >= 0.3 is 0 Å². The summed E-state index contributed by atoms with van der Waals surface area (Å²) in [7, 11) is 1.60. The van der Waals surface area contributed by atoms with Crippen LogP contribution < -0.4 is 18.9 Å². The number of ether oxygens (including phenoxy) is 5. The fourth-order valence-electron chi connectivity index (χ4n) is 2.96. The Bertz CT molecular complexity index is 1040. The highest BCUT2D eigenvalue weighted by Crippen LogP contribution is 2.48. The van der Waals surface area contributed by atoms with E-state index in [4.69, 9.17) is 23.7 Å². The van der Waals surface area contributed by atoms with E-state index < -0.39 is 4.92 Å². The third kappa shape index (κ3) is 3.85. The van der Waals surface area contributed by atoms with Crippen molar-refractivity contribution in [1.29, 1.82) is 0 Å². The summed E-state index contributed by atoms with van der Waals surface area (Å²) in [6.07, 6.45) is 1.61. The lowest BCUT2D eigenvalue weighted by atomic mass is 10.1. The zero-order valence-electron chi connectivity index (χ0n) is 15.6. The van der Waals surface area contributed by atoms with Crippen molar-refractivity contribution in [2.24, 2.45) is 0 Å². The van der Waals surface area contributed by atoms with Gasteiger partial charge in [-0.05, 0) is 18.2 Å². The van der Waals surface area contributed by atoms with Gasteiger partial charge in [0.2, 0.25) is 5.75 Å². The standard InChI is InChI=1S/C20H18N2O7/c1-25-8-9-26-17-12-15-18(20-19(17)27-10-11-28-20)16(6-7-21-15)29-14-4-2-13(3-5-14)22(23)24/h2-7,12H,8-11H2,1H3. The zero-order valence-corrected chi connectivity index (χ0v) is 15.6. The van der Waals surface area contributed by atoms with Crippen LogP contribution in [0.2, 0.25) is 0 Å². The molecule has 0 spiro atoms. The summed E-state index contributed by atoms with van der Waals surface area (Å²) in [5, 5.41) is 11.5. The van der Waals surface area contributed by atoms with Crippen molar-refractivity contribution in [3.05, 3.63) is 52.7 Å². The van der Waals surface area contributed by atoms with Crippen LogP contribution in [-0.4, -0.2) is 43.4 Å². The maximum Gasteiger partial charge on any atom is 0.269 e. The van der Waals surface area contributed by atoms with Gasteiger partial charge in [-0.3, -0.25) is 15.1 Å². The molecule has 3 aromatic rings. The lowest BCUT2D eigenvalue weighted by Gasteiger charge is -2.23. The first-order chi connectivity index (χ1) is 14.2. The first kappa shape index (κ1) is 18.8. The average molecular weight is 398 g/mol. The lowest BCUT2D eigenvalue weighted by Crippen LogP contribution is -2.17. The minimum atomic E-state index is -0.460. The maximum atomic E-state index is 10.8. The SMILES string of the molecule is COCCOc1cc2nccc(Oc3ccc([N+](=O)[O-])cc3)c2c2c1OCCO2. The fraction of sp³-hybridized carbons (Fsp3) is 0.250. The van der Waals surface area contributed by atoms with Crippen LogP contribution in [0.5, 0.6) is 28.7 Å². The van der Waals surface area contributed by atoms with Gasteiger partial charge in [0.25, 0.3) is 5.69 Å². The van der Waals surface area contributed by atoms with Crippen molar-refractivity contribution in [2.75, 3.05) is 33.5 Å². The summed E-state index contributed by atoms with van der Waals surface area (Å²) in [5.74, 6) is 2.44. The predicted octanol–water partition coefficient (Wildman–Crippen LogP) is 3.73. The van der Waals surface area contributed by atoms with E-state index in [0.717, 1.165) is 0 Å². The molecule has 0 radical (unpaired) electrons.